The van der Waals surface area contributed by atoms with Crippen LogP contribution in [0.3, 0.4) is 0 Å². The highest BCUT2D eigenvalue weighted by molar-refractivity contribution is 5.01. The van der Waals surface area contributed by atoms with E-state index < -0.39 is 0 Å². The lowest BCUT2D eigenvalue weighted by Crippen LogP contribution is -2.37. The number of nitrogens with two attached hydrogens (primary N) is 1. The Bertz CT molecular complexity index is 209. The van der Waals surface area contributed by atoms with Crippen molar-refractivity contribution < 1.29 is 0 Å². The van der Waals surface area contributed by atoms with E-state index in [1.54, 1.807) is 0 Å². The quantitative estimate of drug-likeness (QED) is 0.736. The Morgan fingerprint density at radius 1 is 1.27 bits per heavy atom. The summed E-state index contributed by atoms with van der Waals surface area (Å²) < 4.78 is 0. The van der Waals surface area contributed by atoms with E-state index in [0.717, 1.165) is 24.3 Å². The van der Waals surface area contributed by atoms with Crippen molar-refractivity contribution in [1.82, 2.24) is 0 Å². The fraction of sp³-hybridized carbons (Fsp3) is 1.00. The molecule has 0 aliphatic heterocycles. The summed E-state index contributed by atoms with van der Waals surface area (Å²) in [6.07, 6.45) is 10.0. The summed E-state index contributed by atoms with van der Waals surface area (Å²) in [4.78, 5) is 0. The summed E-state index contributed by atoms with van der Waals surface area (Å²) in [5.41, 5.74) is 6.67. The molecular weight excluding hydrogens is 182 g/mol. The molecule has 0 aromatic rings. The van der Waals surface area contributed by atoms with Gasteiger partial charge in [-0.2, -0.15) is 0 Å². The van der Waals surface area contributed by atoms with Crippen LogP contribution in [0.25, 0.3) is 0 Å². The molecule has 3 unspecified atom stereocenters. The molecule has 2 saturated carbocycles. The smallest absolute Gasteiger partial charge is 0.00177 e. The Morgan fingerprint density at radius 2 is 2.00 bits per heavy atom. The van der Waals surface area contributed by atoms with E-state index in [9.17, 15) is 0 Å². The average Bonchev–Trinajstić information content (AvgIpc) is 2.86. The van der Waals surface area contributed by atoms with Crippen LogP contribution in [-0.4, -0.2) is 6.54 Å². The van der Waals surface area contributed by atoms with Crippen molar-refractivity contribution in [3.05, 3.63) is 0 Å². The van der Waals surface area contributed by atoms with Crippen LogP contribution in [0.1, 0.15) is 58.8 Å². The SMILES string of the molecule is CCC(CC)CC1(CN)CC2CCC1C2. The first-order valence-corrected chi connectivity index (χ1v) is 6.94. The zero-order valence-corrected chi connectivity index (χ0v) is 10.5. The van der Waals surface area contributed by atoms with Crippen LogP contribution in [0.15, 0.2) is 0 Å². The van der Waals surface area contributed by atoms with E-state index >= 15 is 0 Å². The normalized spacial score (nSPS) is 39.2. The van der Waals surface area contributed by atoms with Gasteiger partial charge >= 0.3 is 0 Å². The van der Waals surface area contributed by atoms with Gasteiger partial charge in [-0.1, -0.05) is 33.1 Å². The Kier molecular flexibility index (Phi) is 3.39. The predicted octanol–water partition coefficient (Wildman–Crippen LogP) is 3.58. The lowest BCUT2D eigenvalue weighted by molar-refractivity contribution is 0.124. The minimum atomic E-state index is 0.555. The van der Waals surface area contributed by atoms with Gasteiger partial charge in [0.1, 0.15) is 0 Å². The Balaban J connectivity index is 2.03. The van der Waals surface area contributed by atoms with Crippen molar-refractivity contribution in [3.63, 3.8) is 0 Å². The summed E-state index contributed by atoms with van der Waals surface area (Å²) in [6, 6.07) is 0. The number of hydrogen-bond acceptors (Lipinski definition) is 1. The molecular formula is C14H27N. The summed E-state index contributed by atoms with van der Waals surface area (Å²) in [7, 11) is 0. The predicted molar refractivity (Wildman–Crippen MR) is 65.6 cm³/mol. The monoisotopic (exact) mass is 209 g/mol. The van der Waals surface area contributed by atoms with Gasteiger partial charge in [0.05, 0.1) is 0 Å². The van der Waals surface area contributed by atoms with Crippen molar-refractivity contribution in [3.8, 4) is 0 Å². The molecule has 15 heavy (non-hydrogen) atoms. The summed E-state index contributed by atoms with van der Waals surface area (Å²) >= 11 is 0. The first-order valence-electron chi connectivity index (χ1n) is 6.94. The molecule has 0 aromatic carbocycles. The highest BCUT2D eigenvalue weighted by Crippen LogP contribution is 2.58. The maximum Gasteiger partial charge on any atom is -0.00177 e. The summed E-state index contributed by atoms with van der Waals surface area (Å²) in [6.45, 7) is 5.63. The Labute approximate surface area is 94.8 Å². The van der Waals surface area contributed by atoms with Gasteiger partial charge < -0.3 is 5.73 Å². The van der Waals surface area contributed by atoms with E-state index in [1.165, 1.54) is 44.9 Å². The molecule has 0 saturated heterocycles. The topological polar surface area (TPSA) is 26.0 Å². The van der Waals surface area contributed by atoms with Crippen LogP contribution < -0.4 is 5.73 Å². The van der Waals surface area contributed by atoms with Crippen LogP contribution in [0.5, 0.6) is 0 Å². The van der Waals surface area contributed by atoms with Crippen LogP contribution in [0, 0.1) is 23.2 Å². The molecule has 2 aliphatic carbocycles. The number of hydrogen-bond donors (Lipinski definition) is 1. The van der Waals surface area contributed by atoms with Crippen molar-refractivity contribution in [2.24, 2.45) is 28.9 Å². The average molecular weight is 209 g/mol. The van der Waals surface area contributed by atoms with Gasteiger partial charge in [0.25, 0.3) is 0 Å². The Morgan fingerprint density at radius 3 is 2.40 bits per heavy atom. The fourth-order valence-electron chi connectivity index (χ4n) is 4.29. The largest absolute Gasteiger partial charge is 0.330 e. The molecule has 0 spiro atoms. The van der Waals surface area contributed by atoms with Gasteiger partial charge in [0.15, 0.2) is 0 Å². The standard InChI is InChI=1S/C14H27N/c1-3-11(4-2)8-14(10-15)9-12-5-6-13(14)7-12/h11-13H,3-10,15H2,1-2H3. The second-order valence-electron chi connectivity index (χ2n) is 6.03. The van der Waals surface area contributed by atoms with Crippen LogP contribution in [0.2, 0.25) is 0 Å². The summed E-state index contributed by atoms with van der Waals surface area (Å²) in [5, 5.41) is 0. The van der Waals surface area contributed by atoms with Gasteiger partial charge in [0, 0.05) is 0 Å². The highest BCUT2D eigenvalue weighted by Gasteiger charge is 2.50. The molecule has 0 radical (unpaired) electrons. The van der Waals surface area contributed by atoms with Crippen molar-refractivity contribution in [2.45, 2.75) is 58.8 Å². The van der Waals surface area contributed by atoms with E-state index in [1.807, 2.05) is 0 Å². The molecule has 0 heterocycles. The fourth-order valence-corrected chi connectivity index (χ4v) is 4.29. The van der Waals surface area contributed by atoms with Crippen LogP contribution in [-0.2, 0) is 0 Å². The molecule has 88 valence electrons. The zero-order valence-electron chi connectivity index (χ0n) is 10.5. The second kappa shape index (κ2) is 4.45. The number of fused-ring (bicyclic) bond motifs is 2. The van der Waals surface area contributed by atoms with Crippen molar-refractivity contribution >= 4 is 0 Å². The molecule has 2 bridgehead atoms. The molecule has 2 fully saturated rings. The lowest BCUT2D eigenvalue weighted by atomic mass is 9.67. The Hall–Kier alpha value is -0.0400. The molecule has 1 heteroatoms. The first kappa shape index (κ1) is 11.4. The van der Waals surface area contributed by atoms with E-state index in [-0.39, 0.29) is 0 Å². The number of rotatable bonds is 5. The third kappa shape index (κ3) is 1.95. The van der Waals surface area contributed by atoms with Crippen molar-refractivity contribution in [2.75, 3.05) is 6.54 Å². The van der Waals surface area contributed by atoms with E-state index in [4.69, 9.17) is 5.73 Å². The minimum absolute atomic E-state index is 0.555. The van der Waals surface area contributed by atoms with E-state index in [2.05, 4.69) is 13.8 Å². The molecule has 1 nitrogen and oxygen atoms in total. The highest BCUT2D eigenvalue weighted by atomic mass is 14.7. The van der Waals surface area contributed by atoms with Gasteiger partial charge in [-0.25, -0.2) is 0 Å². The van der Waals surface area contributed by atoms with Gasteiger partial charge in [-0.3, -0.25) is 0 Å². The maximum absolute atomic E-state index is 6.11. The first-order chi connectivity index (χ1) is 7.24. The van der Waals surface area contributed by atoms with Crippen LogP contribution in [0.4, 0.5) is 0 Å². The van der Waals surface area contributed by atoms with Gasteiger partial charge in [-0.15, -0.1) is 0 Å². The molecule has 2 N–H and O–H groups in total. The molecule has 2 rings (SSSR count). The van der Waals surface area contributed by atoms with Crippen molar-refractivity contribution in [1.29, 1.82) is 0 Å². The third-order valence-electron chi connectivity index (χ3n) is 5.36. The molecule has 2 aliphatic rings. The van der Waals surface area contributed by atoms with Gasteiger partial charge in [0.2, 0.25) is 0 Å². The third-order valence-corrected chi connectivity index (χ3v) is 5.36. The minimum Gasteiger partial charge on any atom is -0.330 e. The summed E-state index contributed by atoms with van der Waals surface area (Å²) in [5.74, 6) is 2.94. The maximum atomic E-state index is 6.11. The van der Waals surface area contributed by atoms with Gasteiger partial charge in [-0.05, 0) is 55.4 Å². The molecule has 3 atom stereocenters. The zero-order chi connectivity index (χ0) is 10.9. The second-order valence-corrected chi connectivity index (χ2v) is 6.03. The molecule has 0 amide bonds. The van der Waals surface area contributed by atoms with E-state index in [0.29, 0.717) is 5.41 Å². The van der Waals surface area contributed by atoms with Crippen LogP contribution >= 0.6 is 0 Å². The molecule has 0 aromatic heterocycles. The lowest BCUT2D eigenvalue weighted by Gasteiger charge is -2.39.